The van der Waals surface area contributed by atoms with E-state index in [1.807, 2.05) is 0 Å². The van der Waals surface area contributed by atoms with E-state index in [1.54, 1.807) is 11.8 Å². The van der Waals surface area contributed by atoms with E-state index in [9.17, 15) is 17.6 Å². The van der Waals surface area contributed by atoms with Gasteiger partial charge in [-0.2, -0.15) is 11.8 Å². The maximum absolute atomic E-state index is 14.0. The third-order valence-corrected chi connectivity index (χ3v) is 6.09. The van der Waals surface area contributed by atoms with Crippen LogP contribution in [-0.2, 0) is 10.0 Å². The van der Waals surface area contributed by atoms with Gasteiger partial charge in [-0.3, -0.25) is 0 Å². The van der Waals surface area contributed by atoms with E-state index in [-0.39, 0.29) is 16.8 Å². The highest BCUT2D eigenvalue weighted by Crippen LogP contribution is 2.27. The minimum atomic E-state index is -4.14. The first kappa shape index (κ1) is 16.5. The van der Waals surface area contributed by atoms with Gasteiger partial charge in [0.15, 0.2) is 5.82 Å². The molecule has 1 heterocycles. The number of benzene rings is 1. The van der Waals surface area contributed by atoms with E-state index in [2.05, 4.69) is 4.72 Å². The van der Waals surface area contributed by atoms with Gasteiger partial charge >= 0.3 is 5.97 Å². The van der Waals surface area contributed by atoms with Crippen LogP contribution in [0.25, 0.3) is 0 Å². The summed E-state index contributed by atoms with van der Waals surface area (Å²) in [4.78, 5) is 10.2. The van der Waals surface area contributed by atoms with Crippen LogP contribution in [0.2, 0.25) is 5.02 Å². The zero-order valence-corrected chi connectivity index (χ0v) is 13.2. The molecule has 1 fully saturated rings. The SMILES string of the molecule is O=C(O)c1cc(Cl)cc(S(=O)(=O)NCC2CCCS2)c1F. The van der Waals surface area contributed by atoms with Gasteiger partial charge in [0, 0.05) is 16.8 Å². The molecule has 1 aromatic rings. The number of rotatable bonds is 5. The minimum Gasteiger partial charge on any atom is -0.478 e. The van der Waals surface area contributed by atoms with Crippen LogP contribution in [0.15, 0.2) is 17.0 Å². The quantitative estimate of drug-likeness (QED) is 0.849. The summed E-state index contributed by atoms with van der Waals surface area (Å²) in [7, 11) is -4.14. The molecule has 116 valence electrons. The Morgan fingerprint density at radius 1 is 1.52 bits per heavy atom. The topological polar surface area (TPSA) is 83.5 Å². The summed E-state index contributed by atoms with van der Waals surface area (Å²) in [6, 6.07) is 1.79. The molecule has 0 radical (unpaired) electrons. The molecule has 9 heteroatoms. The molecule has 0 saturated carbocycles. The van der Waals surface area contributed by atoms with Gasteiger partial charge in [-0.05, 0) is 30.7 Å². The Hall–Kier alpha value is -0.830. The Morgan fingerprint density at radius 2 is 2.24 bits per heavy atom. The Kier molecular flexibility index (Phi) is 5.13. The number of carboxylic acid groups (broad SMARTS) is 1. The Balaban J connectivity index is 2.28. The van der Waals surface area contributed by atoms with E-state index in [0.29, 0.717) is 0 Å². The number of thioether (sulfide) groups is 1. The second kappa shape index (κ2) is 6.51. The average Bonchev–Trinajstić information content (AvgIpc) is 2.91. The van der Waals surface area contributed by atoms with Gasteiger partial charge in [0.2, 0.25) is 10.0 Å². The van der Waals surface area contributed by atoms with E-state index < -0.39 is 32.3 Å². The van der Waals surface area contributed by atoms with Gasteiger partial charge < -0.3 is 5.11 Å². The predicted octanol–water partition coefficient (Wildman–Crippen LogP) is 2.35. The number of halogens is 2. The second-order valence-corrected chi connectivity index (χ2v) is 8.14. The smallest absolute Gasteiger partial charge is 0.338 e. The van der Waals surface area contributed by atoms with Gasteiger partial charge in [-0.25, -0.2) is 22.3 Å². The molecule has 2 rings (SSSR count). The molecule has 0 aromatic heterocycles. The van der Waals surface area contributed by atoms with Crippen molar-refractivity contribution in [1.82, 2.24) is 4.72 Å². The second-order valence-electron chi connectivity index (χ2n) is 4.56. The highest BCUT2D eigenvalue weighted by Gasteiger charge is 2.26. The minimum absolute atomic E-state index is 0.149. The molecule has 1 saturated heterocycles. The number of aromatic carboxylic acids is 1. The standard InChI is InChI=1S/C12H13ClFNO4S2/c13-7-4-9(12(16)17)11(14)10(5-7)21(18,19)15-6-8-2-1-3-20-8/h4-5,8,15H,1-3,6H2,(H,16,17). The molecule has 1 aliphatic rings. The first-order valence-electron chi connectivity index (χ1n) is 6.15. The Bertz CT molecular complexity index is 659. The van der Waals surface area contributed by atoms with Crippen LogP contribution in [0.5, 0.6) is 0 Å². The zero-order chi connectivity index (χ0) is 15.6. The molecule has 1 aromatic carbocycles. The van der Waals surface area contributed by atoms with Crippen molar-refractivity contribution in [3.63, 3.8) is 0 Å². The summed E-state index contributed by atoms with van der Waals surface area (Å²) in [5.41, 5.74) is -0.766. The van der Waals surface area contributed by atoms with Crippen molar-refractivity contribution in [2.24, 2.45) is 0 Å². The lowest BCUT2D eigenvalue weighted by molar-refractivity contribution is 0.0691. The molecule has 0 amide bonds. The third-order valence-electron chi connectivity index (χ3n) is 3.05. The number of hydrogen-bond donors (Lipinski definition) is 2. The van der Waals surface area contributed by atoms with Crippen LogP contribution in [0, 0.1) is 5.82 Å². The Labute approximate surface area is 130 Å². The summed E-state index contributed by atoms with van der Waals surface area (Å²) in [5.74, 6) is -1.91. The molecule has 1 unspecified atom stereocenters. The fourth-order valence-corrected chi connectivity index (χ4v) is 4.79. The van der Waals surface area contributed by atoms with Gasteiger partial charge in [0.25, 0.3) is 0 Å². The zero-order valence-electron chi connectivity index (χ0n) is 10.8. The van der Waals surface area contributed by atoms with Crippen LogP contribution < -0.4 is 4.72 Å². The van der Waals surface area contributed by atoms with Crippen LogP contribution in [0.4, 0.5) is 4.39 Å². The number of hydrogen-bond acceptors (Lipinski definition) is 4. The van der Waals surface area contributed by atoms with Crippen molar-refractivity contribution < 1.29 is 22.7 Å². The fourth-order valence-electron chi connectivity index (χ4n) is 2.00. The molecule has 2 N–H and O–H groups in total. The first-order chi connectivity index (χ1) is 9.81. The third kappa shape index (κ3) is 3.88. The van der Waals surface area contributed by atoms with Crippen molar-refractivity contribution in [2.45, 2.75) is 23.0 Å². The first-order valence-corrected chi connectivity index (χ1v) is 9.06. The Morgan fingerprint density at radius 3 is 2.81 bits per heavy atom. The van der Waals surface area contributed by atoms with Gasteiger partial charge in [0.05, 0.1) is 5.56 Å². The molecule has 5 nitrogen and oxygen atoms in total. The highest BCUT2D eigenvalue weighted by molar-refractivity contribution is 8.00. The average molecular weight is 354 g/mol. The normalized spacial score (nSPS) is 18.9. The lowest BCUT2D eigenvalue weighted by Gasteiger charge is -2.12. The maximum atomic E-state index is 14.0. The van der Waals surface area contributed by atoms with Crippen molar-refractivity contribution >= 4 is 39.4 Å². The molecule has 0 spiro atoms. The summed E-state index contributed by atoms with van der Waals surface area (Å²) < 4.78 is 40.6. The number of carbonyl (C=O) groups is 1. The van der Waals surface area contributed by atoms with Crippen LogP contribution in [0.3, 0.4) is 0 Å². The monoisotopic (exact) mass is 353 g/mol. The fraction of sp³-hybridized carbons (Fsp3) is 0.417. The van der Waals surface area contributed by atoms with E-state index in [4.69, 9.17) is 16.7 Å². The summed E-state index contributed by atoms with van der Waals surface area (Å²) >= 11 is 7.33. The molecular weight excluding hydrogens is 341 g/mol. The maximum Gasteiger partial charge on any atom is 0.338 e. The van der Waals surface area contributed by atoms with Crippen molar-refractivity contribution in [3.8, 4) is 0 Å². The summed E-state index contributed by atoms with van der Waals surface area (Å²) in [5, 5.41) is 8.87. The van der Waals surface area contributed by atoms with E-state index in [0.717, 1.165) is 30.7 Å². The predicted molar refractivity (Wildman–Crippen MR) is 79.0 cm³/mol. The van der Waals surface area contributed by atoms with Crippen LogP contribution in [0.1, 0.15) is 23.2 Å². The number of carboxylic acids is 1. The molecule has 1 atom stereocenters. The van der Waals surface area contributed by atoms with Gasteiger partial charge in [-0.1, -0.05) is 11.6 Å². The molecule has 0 bridgehead atoms. The van der Waals surface area contributed by atoms with Crippen molar-refractivity contribution in [3.05, 3.63) is 28.5 Å². The number of nitrogens with one attached hydrogen (secondary N) is 1. The summed E-state index contributed by atoms with van der Waals surface area (Å²) in [6.45, 7) is 0.182. The highest BCUT2D eigenvalue weighted by atomic mass is 35.5. The van der Waals surface area contributed by atoms with Crippen molar-refractivity contribution in [2.75, 3.05) is 12.3 Å². The van der Waals surface area contributed by atoms with E-state index >= 15 is 0 Å². The van der Waals surface area contributed by atoms with Gasteiger partial charge in [-0.15, -0.1) is 0 Å². The van der Waals surface area contributed by atoms with E-state index in [1.165, 1.54) is 0 Å². The largest absolute Gasteiger partial charge is 0.478 e. The van der Waals surface area contributed by atoms with Crippen molar-refractivity contribution in [1.29, 1.82) is 0 Å². The number of sulfonamides is 1. The molecular formula is C12H13ClFNO4S2. The molecule has 21 heavy (non-hydrogen) atoms. The van der Waals surface area contributed by atoms with Gasteiger partial charge in [0.1, 0.15) is 4.90 Å². The summed E-state index contributed by atoms with van der Waals surface area (Å²) in [6.07, 6.45) is 1.91. The van der Waals surface area contributed by atoms with Crippen LogP contribution in [-0.4, -0.2) is 37.0 Å². The van der Waals surface area contributed by atoms with Crippen LogP contribution >= 0.6 is 23.4 Å². The lowest BCUT2D eigenvalue weighted by Crippen LogP contribution is -2.30. The molecule has 0 aliphatic carbocycles. The lowest BCUT2D eigenvalue weighted by atomic mass is 10.2. The molecule has 1 aliphatic heterocycles.